The van der Waals surface area contributed by atoms with Gasteiger partial charge in [-0.1, -0.05) is 57.3 Å². The zero-order valence-electron chi connectivity index (χ0n) is 8.47. The predicted octanol–water partition coefficient (Wildman–Crippen LogP) is 4.35. The first-order valence-corrected chi connectivity index (χ1v) is 6.44. The third-order valence-corrected chi connectivity index (χ3v) is 4.48. The van der Waals surface area contributed by atoms with Gasteiger partial charge in [-0.25, -0.2) is 0 Å². The van der Waals surface area contributed by atoms with Crippen molar-refractivity contribution in [3.63, 3.8) is 0 Å². The molecule has 2 aliphatic rings. The van der Waals surface area contributed by atoms with Crippen LogP contribution >= 0.6 is 11.5 Å². The van der Waals surface area contributed by atoms with Crippen molar-refractivity contribution in [1.29, 1.82) is 0 Å². The van der Waals surface area contributed by atoms with Crippen LogP contribution in [-0.2, 0) is 0 Å². The topological polar surface area (TPSA) is 0 Å². The van der Waals surface area contributed by atoms with Crippen molar-refractivity contribution in [3.05, 3.63) is 0 Å². The zero-order valence-corrected chi connectivity index (χ0v) is 9.23. The summed E-state index contributed by atoms with van der Waals surface area (Å²) in [5.74, 6) is 1.84. The van der Waals surface area contributed by atoms with Crippen molar-refractivity contribution in [2.45, 2.75) is 63.5 Å². The van der Waals surface area contributed by atoms with Gasteiger partial charge in [0, 0.05) is 0 Å². The van der Waals surface area contributed by atoms with Crippen molar-refractivity contribution < 1.29 is 0 Å². The summed E-state index contributed by atoms with van der Waals surface area (Å²) >= 11 is 6.47. The Kier molecular flexibility index (Phi) is 3.60. The maximum absolute atomic E-state index is 6.47. The smallest absolute Gasteiger partial charge is 0.0285 e. The second-order valence-electron chi connectivity index (χ2n) is 4.95. The van der Waals surface area contributed by atoms with E-state index in [2.05, 4.69) is 0 Å². The van der Waals surface area contributed by atoms with E-state index >= 15 is 0 Å². The highest BCUT2D eigenvalue weighted by molar-refractivity contribution is 7.07. The first-order valence-electron chi connectivity index (χ1n) is 6.00. The number of hydrogen-bond acceptors (Lipinski definition) is 0. The maximum atomic E-state index is 6.47. The summed E-state index contributed by atoms with van der Waals surface area (Å²) in [5, 5.41) is 0. The average Bonchev–Trinajstić information content (AvgIpc) is 2.74. The van der Waals surface area contributed by atoms with Gasteiger partial charge in [0.25, 0.3) is 0 Å². The minimum Gasteiger partial charge on any atom is -0.431 e. The summed E-state index contributed by atoms with van der Waals surface area (Å²) in [4.78, 5) is 0. The van der Waals surface area contributed by atoms with Gasteiger partial charge in [-0.2, -0.15) is 12.1 Å². The van der Waals surface area contributed by atoms with Gasteiger partial charge in [-0.05, 0) is 6.13 Å². The van der Waals surface area contributed by atoms with Gasteiger partial charge in [0.05, 0.1) is 0 Å². The lowest BCUT2D eigenvalue weighted by Crippen LogP contribution is -2.15. The van der Waals surface area contributed by atoms with Crippen LogP contribution in [0.1, 0.15) is 51.4 Å². The third-order valence-electron chi connectivity index (χ3n) is 3.94. The van der Waals surface area contributed by atoms with Crippen LogP contribution < -0.4 is 0 Å². The van der Waals surface area contributed by atoms with Gasteiger partial charge in [0.1, 0.15) is 0 Å². The summed E-state index contributed by atoms with van der Waals surface area (Å²) in [6, 6.07) is 0. The fourth-order valence-corrected chi connectivity index (χ4v) is 3.58. The van der Waals surface area contributed by atoms with Crippen LogP contribution in [0.3, 0.4) is 0 Å². The molecule has 0 N–H and O–H groups in total. The number of hydrogen-bond donors (Lipinski definition) is 0. The molecule has 0 unspecified atom stereocenters. The minimum absolute atomic E-state index is 0.505. The average molecular weight is 199 g/mol. The third kappa shape index (κ3) is 2.65. The molecule has 2 heteroatoms. The van der Waals surface area contributed by atoms with E-state index in [0.29, 0.717) is 6.13 Å². The van der Waals surface area contributed by atoms with Crippen molar-refractivity contribution in [2.24, 2.45) is 5.92 Å². The molecule has 13 heavy (non-hydrogen) atoms. The highest BCUT2D eigenvalue weighted by Crippen LogP contribution is 2.39. The fraction of sp³-hybridized carbons (Fsp3) is 1.00. The highest BCUT2D eigenvalue weighted by Gasteiger charge is 2.19. The van der Waals surface area contributed by atoms with E-state index in [0.717, 1.165) is 11.7 Å². The van der Waals surface area contributed by atoms with E-state index in [1.54, 1.807) is 0 Å². The Morgan fingerprint density at radius 3 is 2.08 bits per heavy atom. The van der Waals surface area contributed by atoms with Gasteiger partial charge in [-0.3, -0.25) is 0 Å². The second-order valence-corrected chi connectivity index (χ2v) is 5.51. The molecule has 2 saturated carbocycles. The van der Waals surface area contributed by atoms with Crippen LogP contribution in [0.5, 0.6) is 0 Å². The van der Waals surface area contributed by atoms with Gasteiger partial charge in [-0.15, -0.1) is 0 Å². The molecular formula is C11H20BCl-. The molecule has 2 fully saturated rings. The largest absolute Gasteiger partial charge is 0.431 e. The zero-order chi connectivity index (χ0) is 9.10. The van der Waals surface area contributed by atoms with Crippen molar-refractivity contribution in [1.82, 2.24) is 0 Å². The second kappa shape index (κ2) is 4.73. The summed E-state index contributed by atoms with van der Waals surface area (Å²) in [6.45, 7) is 0. The van der Waals surface area contributed by atoms with Gasteiger partial charge in [0.2, 0.25) is 0 Å². The summed E-state index contributed by atoms with van der Waals surface area (Å²) in [5.41, 5.74) is 0. The molecule has 0 aromatic carbocycles. The molecule has 0 aromatic rings. The van der Waals surface area contributed by atoms with Crippen molar-refractivity contribution in [2.75, 3.05) is 0 Å². The molecule has 0 saturated heterocycles. The Morgan fingerprint density at radius 1 is 0.923 bits per heavy atom. The Morgan fingerprint density at radius 2 is 1.46 bits per heavy atom. The maximum Gasteiger partial charge on any atom is -0.0285 e. The van der Waals surface area contributed by atoms with Crippen LogP contribution in [0.2, 0.25) is 12.1 Å². The van der Waals surface area contributed by atoms with E-state index in [9.17, 15) is 0 Å². The summed E-state index contributed by atoms with van der Waals surface area (Å²) in [6.07, 6.45) is 13.3. The molecule has 0 nitrogen and oxygen atoms in total. The Hall–Kier alpha value is 0.355. The molecule has 0 atom stereocenters. The molecule has 75 valence electrons. The molecule has 0 aliphatic heterocycles. The Labute approximate surface area is 87.4 Å². The van der Waals surface area contributed by atoms with Crippen LogP contribution in [0.25, 0.3) is 0 Å². The predicted molar refractivity (Wildman–Crippen MR) is 60.6 cm³/mol. The number of halogens is 1. The van der Waals surface area contributed by atoms with Crippen molar-refractivity contribution in [3.8, 4) is 0 Å². The standard InChI is InChI=1S/C11H20BCl/c13-12(11-7-3-4-8-11)9-10-5-1-2-6-10/h10-11H,1-9H2/q-1. The normalized spacial score (nSPS) is 26.3. The van der Waals surface area contributed by atoms with E-state index in [1.165, 1.54) is 57.7 Å². The summed E-state index contributed by atoms with van der Waals surface area (Å²) in [7, 11) is 0. The molecule has 2 aliphatic carbocycles. The molecule has 2 rings (SSSR count). The Bertz CT molecular complexity index is 148. The Balaban J connectivity index is 1.73. The molecule has 0 amide bonds. The summed E-state index contributed by atoms with van der Waals surface area (Å²) < 4.78 is 0. The SMILES string of the molecule is Cl[B-](CC1CCCC1)C1CCCC1. The quantitative estimate of drug-likeness (QED) is 0.592. The van der Waals surface area contributed by atoms with E-state index in [1.807, 2.05) is 0 Å². The molecule has 0 spiro atoms. The van der Waals surface area contributed by atoms with E-state index < -0.39 is 0 Å². The van der Waals surface area contributed by atoms with Gasteiger partial charge in [0.15, 0.2) is 0 Å². The molecular weight excluding hydrogens is 178 g/mol. The molecule has 0 aromatic heterocycles. The fourth-order valence-electron chi connectivity index (χ4n) is 3.08. The van der Waals surface area contributed by atoms with E-state index in [-0.39, 0.29) is 0 Å². The lowest BCUT2D eigenvalue weighted by atomic mass is 9.56. The van der Waals surface area contributed by atoms with Crippen LogP contribution in [0.4, 0.5) is 0 Å². The van der Waals surface area contributed by atoms with Crippen LogP contribution in [0, 0.1) is 5.92 Å². The first kappa shape index (κ1) is 9.89. The molecule has 0 bridgehead atoms. The number of rotatable bonds is 3. The monoisotopic (exact) mass is 198 g/mol. The lowest BCUT2D eigenvalue weighted by molar-refractivity contribution is 0.602. The molecule has 0 heterocycles. The van der Waals surface area contributed by atoms with Crippen molar-refractivity contribution >= 4 is 17.6 Å². The van der Waals surface area contributed by atoms with E-state index in [4.69, 9.17) is 11.5 Å². The lowest BCUT2D eigenvalue weighted by Gasteiger charge is -2.29. The highest BCUT2D eigenvalue weighted by atomic mass is 35.5. The molecule has 1 radical (unpaired) electrons. The van der Waals surface area contributed by atoms with Gasteiger partial charge >= 0.3 is 0 Å². The van der Waals surface area contributed by atoms with Crippen LogP contribution in [0.15, 0.2) is 0 Å². The van der Waals surface area contributed by atoms with Crippen LogP contribution in [-0.4, -0.2) is 6.13 Å². The minimum atomic E-state index is 0.505. The first-order chi connectivity index (χ1) is 6.36. The van der Waals surface area contributed by atoms with Gasteiger partial charge < -0.3 is 11.5 Å².